The smallest absolute Gasteiger partial charge is 0.266 e. The molecular weight excluding hydrogens is 663 g/mol. The zero-order valence-corrected chi connectivity index (χ0v) is 24.2. The number of amidine groups is 1. The molecule has 1 saturated heterocycles. The number of aliphatic imine (C=N–C) groups is 1. The molecule has 0 spiro atoms. The maximum Gasteiger partial charge on any atom is 0.266 e. The Morgan fingerprint density at radius 3 is 2.63 bits per heavy atom. The van der Waals surface area contributed by atoms with Gasteiger partial charge in [-0.1, -0.05) is 41.9 Å². The number of carbonyl (C=O) groups excluding carboxylic acids is 1. The minimum atomic E-state index is -0.0853. The highest BCUT2D eigenvalue weighted by atomic mass is 127. The van der Waals surface area contributed by atoms with Crippen LogP contribution in [0.5, 0.6) is 11.5 Å². The van der Waals surface area contributed by atoms with Gasteiger partial charge in [-0.3, -0.25) is 9.69 Å². The van der Waals surface area contributed by atoms with Crippen LogP contribution in [0.1, 0.15) is 18.1 Å². The normalized spacial score (nSPS) is 15.8. The van der Waals surface area contributed by atoms with Crippen LogP contribution in [0.3, 0.4) is 0 Å². The van der Waals surface area contributed by atoms with Crippen LogP contribution in [-0.4, -0.2) is 29.6 Å². The van der Waals surface area contributed by atoms with Crippen molar-refractivity contribution in [2.24, 2.45) is 4.99 Å². The molecular formula is C26H21BrClIN2O3S. The van der Waals surface area contributed by atoms with E-state index in [4.69, 9.17) is 21.1 Å². The lowest BCUT2D eigenvalue weighted by molar-refractivity contribution is -0.122. The Hall–Kier alpha value is -2.01. The molecule has 0 saturated carbocycles. The molecule has 9 heteroatoms. The van der Waals surface area contributed by atoms with Crippen LogP contribution >= 0.6 is 61.9 Å². The SMILES string of the molecule is CCN1C(=O)/C(=C/c2cc(I)c(OCc3ccccc3)c(OC)c2)SC1=Nc1ccc(Br)c(Cl)c1. The van der Waals surface area contributed by atoms with Gasteiger partial charge in [0.05, 0.1) is 26.3 Å². The number of ether oxygens (including phenoxy) is 2. The van der Waals surface area contributed by atoms with Crippen LogP contribution in [0, 0.1) is 3.57 Å². The molecule has 1 amide bonds. The van der Waals surface area contributed by atoms with Crippen molar-refractivity contribution in [3.8, 4) is 11.5 Å². The van der Waals surface area contributed by atoms with Gasteiger partial charge in [-0.15, -0.1) is 0 Å². The molecule has 3 aromatic carbocycles. The summed E-state index contributed by atoms with van der Waals surface area (Å²) in [4.78, 5) is 20.0. The van der Waals surface area contributed by atoms with Crippen LogP contribution in [0.4, 0.5) is 5.69 Å². The maximum atomic E-state index is 13.1. The van der Waals surface area contributed by atoms with Crippen molar-refractivity contribution in [1.82, 2.24) is 4.90 Å². The van der Waals surface area contributed by atoms with Crippen molar-refractivity contribution < 1.29 is 14.3 Å². The van der Waals surface area contributed by atoms with Crippen molar-refractivity contribution in [3.63, 3.8) is 0 Å². The first-order valence-electron chi connectivity index (χ1n) is 10.7. The van der Waals surface area contributed by atoms with Gasteiger partial charge in [-0.2, -0.15) is 0 Å². The van der Waals surface area contributed by atoms with E-state index >= 15 is 0 Å². The lowest BCUT2D eigenvalue weighted by Crippen LogP contribution is -2.28. The number of hydrogen-bond acceptors (Lipinski definition) is 5. The fraction of sp³-hybridized carbons (Fsp3) is 0.154. The van der Waals surface area contributed by atoms with Crippen LogP contribution in [0.15, 0.2) is 75.0 Å². The van der Waals surface area contributed by atoms with E-state index in [-0.39, 0.29) is 5.91 Å². The van der Waals surface area contributed by atoms with Gasteiger partial charge in [-0.05, 0) is 105 Å². The quantitative estimate of drug-likeness (QED) is 0.188. The molecule has 180 valence electrons. The molecule has 0 unspecified atom stereocenters. The van der Waals surface area contributed by atoms with E-state index in [1.165, 1.54) is 11.8 Å². The molecule has 4 rings (SSSR count). The predicted octanol–water partition coefficient (Wildman–Crippen LogP) is 7.92. The average molecular weight is 684 g/mol. The summed E-state index contributed by atoms with van der Waals surface area (Å²) in [6, 6.07) is 19.3. The molecule has 0 aromatic heterocycles. The van der Waals surface area contributed by atoms with E-state index in [0.717, 1.165) is 19.2 Å². The number of methoxy groups -OCH3 is 1. The second-order valence-electron chi connectivity index (χ2n) is 7.46. The average Bonchev–Trinajstić information content (AvgIpc) is 3.14. The molecule has 1 heterocycles. The molecule has 5 nitrogen and oxygen atoms in total. The van der Waals surface area contributed by atoms with Crippen molar-refractivity contribution in [2.75, 3.05) is 13.7 Å². The van der Waals surface area contributed by atoms with E-state index in [1.54, 1.807) is 18.1 Å². The van der Waals surface area contributed by atoms with Crippen molar-refractivity contribution >= 4 is 84.7 Å². The van der Waals surface area contributed by atoms with Gasteiger partial charge in [0, 0.05) is 11.0 Å². The van der Waals surface area contributed by atoms with Gasteiger partial charge < -0.3 is 9.47 Å². The molecule has 3 aromatic rings. The minimum Gasteiger partial charge on any atom is -0.493 e. The van der Waals surface area contributed by atoms with E-state index in [1.807, 2.05) is 67.6 Å². The number of thioether (sulfide) groups is 1. The number of halogens is 3. The second-order valence-corrected chi connectivity index (χ2v) is 10.9. The number of amides is 1. The second kappa shape index (κ2) is 11.8. The number of likely N-dealkylation sites (N-methyl/N-ethyl adjacent to an activating group) is 1. The lowest BCUT2D eigenvalue weighted by Gasteiger charge is -2.14. The first-order chi connectivity index (χ1) is 16.9. The molecule has 0 atom stereocenters. The summed E-state index contributed by atoms with van der Waals surface area (Å²) in [7, 11) is 1.61. The third kappa shape index (κ3) is 6.22. The molecule has 0 aliphatic carbocycles. The highest BCUT2D eigenvalue weighted by Gasteiger charge is 2.32. The topological polar surface area (TPSA) is 51.1 Å². The highest BCUT2D eigenvalue weighted by molar-refractivity contribution is 14.1. The summed E-state index contributed by atoms with van der Waals surface area (Å²) in [6.45, 7) is 2.88. The summed E-state index contributed by atoms with van der Waals surface area (Å²) in [5.74, 6) is 1.20. The molecule has 0 bridgehead atoms. The molecule has 35 heavy (non-hydrogen) atoms. The minimum absolute atomic E-state index is 0.0853. The fourth-order valence-electron chi connectivity index (χ4n) is 3.38. The fourth-order valence-corrected chi connectivity index (χ4v) is 5.64. The Balaban J connectivity index is 1.60. The number of hydrogen-bond donors (Lipinski definition) is 0. The first-order valence-corrected chi connectivity index (χ1v) is 13.8. The van der Waals surface area contributed by atoms with Crippen LogP contribution in [0.25, 0.3) is 6.08 Å². The van der Waals surface area contributed by atoms with E-state index < -0.39 is 0 Å². The van der Waals surface area contributed by atoms with Gasteiger partial charge in [-0.25, -0.2) is 4.99 Å². The molecule has 0 N–H and O–H groups in total. The first kappa shape index (κ1) is 26.1. The van der Waals surface area contributed by atoms with Crippen LogP contribution < -0.4 is 9.47 Å². The van der Waals surface area contributed by atoms with Gasteiger partial charge >= 0.3 is 0 Å². The lowest BCUT2D eigenvalue weighted by atomic mass is 10.1. The summed E-state index contributed by atoms with van der Waals surface area (Å²) in [6.07, 6.45) is 1.86. The summed E-state index contributed by atoms with van der Waals surface area (Å²) < 4.78 is 13.4. The molecule has 1 fully saturated rings. The number of rotatable bonds is 7. The van der Waals surface area contributed by atoms with E-state index in [2.05, 4.69) is 43.5 Å². The molecule has 1 aliphatic rings. The van der Waals surface area contributed by atoms with Crippen molar-refractivity contribution in [1.29, 1.82) is 0 Å². The highest BCUT2D eigenvalue weighted by Crippen LogP contribution is 2.38. The Morgan fingerprint density at radius 1 is 1.17 bits per heavy atom. The standard InChI is InChI=1S/C26H21BrClIN2O3S/c1-3-31-25(32)23(35-26(31)30-18-9-10-19(27)20(28)14-18)13-17-11-21(29)24(22(12-17)33-2)34-15-16-7-5-4-6-8-16/h4-14H,3,15H2,1-2H3/b23-13-,30-26?. The van der Waals surface area contributed by atoms with Gasteiger partial charge in [0.2, 0.25) is 0 Å². The van der Waals surface area contributed by atoms with Crippen LogP contribution in [0.2, 0.25) is 5.02 Å². The summed E-state index contributed by atoms with van der Waals surface area (Å²) in [5.41, 5.74) is 2.60. The van der Waals surface area contributed by atoms with E-state index in [9.17, 15) is 4.79 Å². The number of carbonyl (C=O) groups is 1. The Labute approximate surface area is 235 Å². The number of benzene rings is 3. The zero-order valence-electron chi connectivity index (χ0n) is 18.9. The van der Waals surface area contributed by atoms with Gasteiger partial charge in [0.1, 0.15) is 6.61 Å². The Morgan fingerprint density at radius 2 is 1.94 bits per heavy atom. The van der Waals surface area contributed by atoms with Gasteiger partial charge in [0.15, 0.2) is 16.7 Å². The third-order valence-electron chi connectivity index (χ3n) is 5.11. The summed E-state index contributed by atoms with van der Waals surface area (Å²) >= 11 is 13.2. The Bertz CT molecular complexity index is 1320. The third-order valence-corrected chi connectivity index (χ3v) is 8.15. The monoisotopic (exact) mass is 682 g/mol. The molecule has 1 aliphatic heterocycles. The van der Waals surface area contributed by atoms with Crippen molar-refractivity contribution in [3.05, 3.63) is 89.8 Å². The van der Waals surface area contributed by atoms with E-state index in [0.29, 0.717) is 45.4 Å². The Kier molecular flexibility index (Phi) is 8.80. The predicted molar refractivity (Wildman–Crippen MR) is 156 cm³/mol. The number of nitrogens with zero attached hydrogens (tertiary/aromatic N) is 2. The zero-order chi connectivity index (χ0) is 24.9. The maximum absolute atomic E-state index is 13.1. The van der Waals surface area contributed by atoms with Crippen LogP contribution in [-0.2, 0) is 11.4 Å². The summed E-state index contributed by atoms with van der Waals surface area (Å²) in [5, 5.41) is 1.18. The van der Waals surface area contributed by atoms with Crippen molar-refractivity contribution in [2.45, 2.75) is 13.5 Å². The van der Waals surface area contributed by atoms with Gasteiger partial charge in [0.25, 0.3) is 5.91 Å². The molecule has 0 radical (unpaired) electrons. The largest absolute Gasteiger partial charge is 0.493 e.